The Labute approximate surface area is 297 Å². The zero-order valence-corrected chi connectivity index (χ0v) is 29.9. The molecule has 0 N–H and O–H groups in total. The molecule has 0 aliphatic carbocycles. The molecule has 2 aliphatic rings. The summed E-state index contributed by atoms with van der Waals surface area (Å²) in [5, 5.41) is 3.01. The van der Waals surface area contributed by atoms with Crippen molar-refractivity contribution in [2.75, 3.05) is 4.90 Å². The van der Waals surface area contributed by atoms with Crippen LogP contribution in [0.1, 0.15) is 0 Å². The molecule has 2 aliphatic heterocycles. The molecule has 0 aromatic heterocycles. The topological polar surface area (TPSA) is 12.5 Å². The van der Waals surface area contributed by atoms with Gasteiger partial charge in [0.05, 0.1) is 15.5 Å². The highest BCUT2D eigenvalue weighted by molar-refractivity contribution is 8.00. The molecule has 0 bridgehead atoms. The molecule has 236 valence electrons. The third-order valence-corrected chi connectivity index (χ3v) is 15.9. The molecular formula is C44H33NOS2Si. The first-order valence-electron chi connectivity index (χ1n) is 16.6. The van der Waals surface area contributed by atoms with Gasteiger partial charge >= 0.3 is 0 Å². The second-order valence-corrected chi connectivity index (χ2v) is 19.4. The van der Waals surface area contributed by atoms with Crippen molar-refractivity contribution >= 4 is 59.0 Å². The van der Waals surface area contributed by atoms with E-state index in [0.29, 0.717) is 0 Å². The van der Waals surface area contributed by atoms with Crippen molar-refractivity contribution in [2.24, 2.45) is 0 Å². The minimum absolute atomic E-state index is 0.908. The molecule has 7 aromatic rings. The van der Waals surface area contributed by atoms with Crippen molar-refractivity contribution in [3.05, 3.63) is 164 Å². The summed E-state index contributed by atoms with van der Waals surface area (Å²) >= 11 is 3.70. The van der Waals surface area contributed by atoms with Gasteiger partial charge in [0, 0.05) is 21.2 Å². The highest BCUT2D eigenvalue weighted by atomic mass is 32.2. The van der Waals surface area contributed by atoms with Gasteiger partial charge in [-0.3, -0.25) is 0 Å². The highest BCUT2D eigenvalue weighted by Crippen LogP contribution is 2.51. The monoisotopic (exact) mass is 683 g/mol. The van der Waals surface area contributed by atoms with Gasteiger partial charge in [0.2, 0.25) is 0 Å². The smallest absolute Gasteiger partial charge is 0.142 e. The summed E-state index contributed by atoms with van der Waals surface area (Å²) in [7, 11) is -1.92. The lowest BCUT2D eigenvalue weighted by molar-refractivity contribution is 0.455. The maximum Gasteiger partial charge on any atom is 0.142 e. The molecular weight excluding hydrogens is 651 g/mol. The zero-order valence-electron chi connectivity index (χ0n) is 27.3. The van der Waals surface area contributed by atoms with Crippen molar-refractivity contribution in [1.82, 2.24) is 0 Å². The average molecular weight is 684 g/mol. The lowest BCUT2D eigenvalue weighted by Crippen LogP contribution is -2.56. The van der Waals surface area contributed by atoms with Gasteiger partial charge < -0.3 is 9.64 Å². The van der Waals surface area contributed by atoms with E-state index in [0.717, 1.165) is 32.7 Å². The van der Waals surface area contributed by atoms with Gasteiger partial charge in [0.15, 0.2) is 0 Å². The van der Waals surface area contributed by atoms with Crippen molar-refractivity contribution in [3.63, 3.8) is 0 Å². The van der Waals surface area contributed by atoms with Crippen molar-refractivity contribution in [2.45, 2.75) is 32.7 Å². The number of hydrogen-bond acceptors (Lipinski definition) is 4. The Hall–Kier alpha value is -4.94. The molecule has 2 nitrogen and oxygen atoms in total. The van der Waals surface area contributed by atoms with Crippen LogP contribution in [0.3, 0.4) is 0 Å². The van der Waals surface area contributed by atoms with Gasteiger partial charge in [0.1, 0.15) is 19.6 Å². The number of fused-ring (bicyclic) bond motifs is 4. The quantitative estimate of drug-likeness (QED) is 0.167. The second kappa shape index (κ2) is 12.2. The third-order valence-electron chi connectivity index (χ3n) is 9.61. The molecule has 7 aromatic carbocycles. The number of para-hydroxylation sites is 1. The van der Waals surface area contributed by atoms with Gasteiger partial charge in [-0.1, -0.05) is 146 Å². The number of nitrogens with zero attached hydrogens (tertiary/aromatic N) is 1. The standard InChI is InChI=1S/C44H33NOS2Si/c1-49(2)41-20-9-8-19-40(41)48-44-36(15-11-21-42(44)49)45(33-26-22-31(23-27-33)30-12-4-3-5-13-30)34-28-24-32(25-29-34)35-14-10-17-38-43(35)47-39-18-7-6-16-37(39)46-38/h3-29H,1-2H3. The molecule has 5 heteroatoms. The van der Waals surface area contributed by atoms with E-state index < -0.39 is 8.07 Å². The first-order valence-corrected chi connectivity index (χ1v) is 21.2. The van der Waals surface area contributed by atoms with Gasteiger partial charge in [-0.05, 0) is 87.2 Å². The van der Waals surface area contributed by atoms with Gasteiger partial charge in [-0.25, -0.2) is 0 Å². The number of hydrogen-bond donors (Lipinski definition) is 0. The van der Waals surface area contributed by atoms with E-state index in [1.165, 1.54) is 48.1 Å². The van der Waals surface area contributed by atoms with Crippen LogP contribution in [0.2, 0.25) is 13.1 Å². The summed E-state index contributed by atoms with van der Waals surface area (Å²) in [6.45, 7) is 4.98. The second-order valence-electron chi connectivity index (χ2n) is 13.0. The van der Waals surface area contributed by atoms with E-state index in [-0.39, 0.29) is 0 Å². The number of ether oxygens (including phenoxy) is 1. The van der Waals surface area contributed by atoms with E-state index in [9.17, 15) is 0 Å². The molecule has 9 rings (SSSR count). The Morgan fingerprint density at radius 1 is 0.449 bits per heavy atom. The van der Waals surface area contributed by atoms with E-state index in [1.807, 2.05) is 23.9 Å². The molecule has 0 saturated carbocycles. The Morgan fingerprint density at radius 2 is 1.02 bits per heavy atom. The van der Waals surface area contributed by atoms with Crippen LogP contribution >= 0.6 is 23.5 Å². The molecule has 0 unspecified atom stereocenters. The average Bonchev–Trinajstić information content (AvgIpc) is 3.15. The molecule has 49 heavy (non-hydrogen) atoms. The maximum absolute atomic E-state index is 6.33. The summed E-state index contributed by atoms with van der Waals surface area (Å²) in [5.41, 5.74) is 8.26. The van der Waals surface area contributed by atoms with E-state index in [1.54, 1.807) is 11.8 Å². The Bertz CT molecular complexity index is 2340. The SMILES string of the molecule is C[Si]1(C)c2ccccc2Sc2c(N(c3ccc(-c4ccccc4)cc3)c3ccc(-c4cccc5c4Sc4ccccc4O5)cc3)cccc21. The largest absolute Gasteiger partial charge is 0.455 e. The van der Waals surface area contributed by atoms with Crippen molar-refractivity contribution < 1.29 is 4.74 Å². The van der Waals surface area contributed by atoms with Gasteiger partial charge in [-0.15, -0.1) is 0 Å². The fraction of sp³-hybridized carbons (Fsp3) is 0.0455. The van der Waals surface area contributed by atoms with Crippen molar-refractivity contribution in [1.29, 1.82) is 0 Å². The predicted octanol–water partition coefficient (Wildman–Crippen LogP) is 12.0. The van der Waals surface area contributed by atoms with Crippen LogP contribution < -0.4 is 20.0 Å². The number of benzene rings is 7. The van der Waals surface area contributed by atoms with Crippen LogP contribution in [0.5, 0.6) is 11.5 Å². The van der Waals surface area contributed by atoms with Crippen molar-refractivity contribution in [3.8, 4) is 33.8 Å². The predicted molar refractivity (Wildman–Crippen MR) is 210 cm³/mol. The molecule has 2 heterocycles. The molecule has 0 spiro atoms. The number of anilines is 3. The lowest BCUT2D eigenvalue weighted by atomic mass is 10.0. The summed E-state index contributed by atoms with van der Waals surface area (Å²) in [6.07, 6.45) is 0. The normalized spacial score (nSPS) is 13.7. The van der Waals surface area contributed by atoms with Crippen LogP contribution in [-0.2, 0) is 0 Å². The minimum Gasteiger partial charge on any atom is -0.455 e. The first-order chi connectivity index (χ1) is 24.0. The van der Waals surface area contributed by atoms with Crippen LogP contribution in [0.15, 0.2) is 183 Å². The van der Waals surface area contributed by atoms with Crippen LogP contribution in [0.25, 0.3) is 22.3 Å². The molecule has 0 fully saturated rings. The first kappa shape index (κ1) is 30.1. The minimum atomic E-state index is -1.92. The zero-order chi connectivity index (χ0) is 33.0. The van der Waals surface area contributed by atoms with E-state index >= 15 is 0 Å². The lowest BCUT2D eigenvalue weighted by Gasteiger charge is -2.36. The fourth-order valence-electron chi connectivity index (χ4n) is 7.05. The van der Waals surface area contributed by atoms with E-state index in [4.69, 9.17) is 4.74 Å². The summed E-state index contributed by atoms with van der Waals surface area (Å²) in [4.78, 5) is 7.48. The summed E-state index contributed by atoms with van der Waals surface area (Å²) in [5.74, 6) is 1.82. The highest BCUT2D eigenvalue weighted by Gasteiger charge is 2.37. The molecule has 0 saturated heterocycles. The number of rotatable bonds is 5. The summed E-state index contributed by atoms with van der Waals surface area (Å²) < 4.78 is 6.33. The molecule has 0 atom stereocenters. The van der Waals surface area contributed by atoms with Crippen LogP contribution in [0, 0.1) is 0 Å². The van der Waals surface area contributed by atoms with E-state index in [2.05, 4.69) is 170 Å². The third kappa shape index (κ3) is 5.30. The summed E-state index contributed by atoms with van der Waals surface area (Å²) in [6, 6.07) is 59.2. The van der Waals surface area contributed by atoms with Gasteiger partial charge in [0.25, 0.3) is 0 Å². The Kier molecular flexibility index (Phi) is 7.50. The van der Waals surface area contributed by atoms with Crippen LogP contribution in [-0.4, -0.2) is 8.07 Å². The Balaban J connectivity index is 1.15. The van der Waals surface area contributed by atoms with Gasteiger partial charge in [-0.2, -0.15) is 0 Å². The molecule has 0 radical (unpaired) electrons. The van der Waals surface area contributed by atoms with Crippen LogP contribution in [0.4, 0.5) is 17.1 Å². The maximum atomic E-state index is 6.33. The fourth-order valence-corrected chi connectivity index (χ4v) is 13.7. The Morgan fingerprint density at radius 3 is 1.80 bits per heavy atom. The molecule has 0 amide bonds.